The van der Waals surface area contributed by atoms with Crippen molar-refractivity contribution < 1.29 is 18.8 Å². The molecule has 1 aliphatic heterocycles. The highest BCUT2D eigenvalue weighted by Crippen LogP contribution is 2.18. The first kappa shape index (κ1) is 12.0. The first-order valence-corrected chi connectivity index (χ1v) is 5.38. The van der Waals surface area contributed by atoms with Crippen LogP contribution in [-0.2, 0) is 20.7 Å². The number of carbonyl (C=O) groups excluding carboxylic acids is 1. The average molecular weight is 241 g/mol. The van der Waals surface area contributed by atoms with E-state index >= 15 is 0 Å². The number of esters is 1. The SMILES string of the molecule is COC(=O)Cc1nc(C2CN(C)CCO2)no1. The van der Waals surface area contributed by atoms with Gasteiger partial charge in [0.15, 0.2) is 0 Å². The summed E-state index contributed by atoms with van der Waals surface area (Å²) in [5.74, 6) is 0.334. The number of morpholine rings is 1. The Kier molecular flexibility index (Phi) is 3.70. The third-order valence-corrected chi connectivity index (χ3v) is 2.56. The standard InChI is InChI=1S/C10H15N3O4/c1-13-3-4-16-7(6-13)10-11-8(17-12-10)5-9(14)15-2/h7H,3-6H2,1-2H3. The number of methoxy groups -OCH3 is 1. The van der Waals surface area contributed by atoms with Crippen LogP contribution in [0, 0.1) is 0 Å². The average Bonchev–Trinajstić information content (AvgIpc) is 2.77. The Labute approximate surface area is 98.7 Å². The molecule has 7 nitrogen and oxygen atoms in total. The van der Waals surface area contributed by atoms with E-state index in [-0.39, 0.29) is 18.4 Å². The number of rotatable bonds is 3. The topological polar surface area (TPSA) is 77.7 Å². The van der Waals surface area contributed by atoms with Gasteiger partial charge in [0.2, 0.25) is 11.7 Å². The fourth-order valence-corrected chi connectivity index (χ4v) is 1.60. The van der Waals surface area contributed by atoms with E-state index in [0.29, 0.717) is 12.4 Å². The van der Waals surface area contributed by atoms with Gasteiger partial charge in [0.1, 0.15) is 12.5 Å². The largest absolute Gasteiger partial charge is 0.469 e. The second-order valence-corrected chi connectivity index (χ2v) is 3.92. The van der Waals surface area contributed by atoms with Crippen molar-refractivity contribution in [1.82, 2.24) is 15.0 Å². The summed E-state index contributed by atoms with van der Waals surface area (Å²) in [6.45, 7) is 2.25. The minimum atomic E-state index is -0.401. The number of aromatic nitrogens is 2. The van der Waals surface area contributed by atoms with Crippen molar-refractivity contribution in [3.05, 3.63) is 11.7 Å². The molecule has 94 valence electrons. The predicted molar refractivity (Wildman–Crippen MR) is 56.2 cm³/mol. The molecule has 2 rings (SSSR count). The van der Waals surface area contributed by atoms with Crippen molar-refractivity contribution in [1.29, 1.82) is 0 Å². The van der Waals surface area contributed by atoms with Gasteiger partial charge in [-0.15, -0.1) is 0 Å². The number of ether oxygens (including phenoxy) is 2. The molecule has 0 radical (unpaired) electrons. The van der Waals surface area contributed by atoms with Crippen molar-refractivity contribution in [3.8, 4) is 0 Å². The Bertz CT molecular complexity index is 393. The number of likely N-dealkylation sites (N-methyl/N-ethyl adjacent to an activating group) is 1. The highest BCUT2D eigenvalue weighted by atomic mass is 16.5. The molecule has 0 spiro atoms. The number of hydrogen-bond donors (Lipinski definition) is 0. The lowest BCUT2D eigenvalue weighted by Gasteiger charge is -2.27. The Morgan fingerprint density at radius 3 is 3.18 bits per heavy atom. The van der Waals surface area contributed by atoms with Gasteiger partial charge < -0.3 is 18.9 Å². The maximum absolute atomic E-state index is 11.0. The first-order chi connectivity index (χ1) is 8.19. The van der Waals surface area contributed by atoms with Crippen molar-refractivity contribution in [3.63, 3.8) is 0 Å². The van der Waals surface area contributed by atoms with E-state index in [1.807, 2.05) is 7.05 Å². The van der Waals surface area contributed by atoms with Crippen LogP contribution >= 0.6 is 0 Å². The van der Waals surface area contributed by atoms with Crippen LogP contribution in [0.15, 0.2) is 4.52 Å². The first-order valence-electron chi connectivity index (χ1n) is 5.38. The summed E-state index contributed by atoms with van der Waals surface area (Å²) in [6, 6.07) is 0. The van der Waals surface area contributed by atoms with Crippen LogP contribution in [0.5, 0.6) is 0 Å². The molecule has 0 aliphatic carbocycles. The van der Waals surface area contributed by atoms with Crippen LogP contribution in [0.4, 0.5) is 0 Å². The van der Waals surface area contributed by atoms with Gasteiger partial charge in [-0.3, -0.25) is 4.79 Å². The summed E-state index contributed by atoms with van der Waals surface area (Å²) >= 11 is 0. The zero-order chi connectivity index (χ0) is 12.3. The van der Waals surface area contributed by atoms with E-state index in [0.717, 1.165) is 13.1 Å². The number of carbonyl (C=O) groups is 1. The second kappa shape index (κ2) is 5.24. The van der Waals surface area contributed by atoms with E-state index in [1.165, 1.54) is 7.11 Å². The molecule has 1 atom stereocenters. The molecule has 0 bridgehead atoms. The molecule has 1 fully saturated rings. The van der Waals surface area contributed by atoms with Crippen LogP contribution in [0.1, 0.15) is 17.8 Å². The molecule has 1 unspecified atom stereocenters. The normalized spacial score (nSPS) is 21.4. The summed E-state index contributed by atoms with van der Waals surface area (Å²) in [6.07, 6.45) is -0.199. The van der Waals surface area contributed by atoms with Crippen LogP contribution in [0.2, 0.25) is 0 Å². The number of nitrogens with zero attached hydrogens (tertiary/aromatic N) is 3. The maximum Gasteiger partial charge on any atom is 0.315 e. The van der Waals surface area contributed by atoms with Crippen molar-refractivity contribution >= 4 is 5.97 Å². The van der Waals surface area contributed by atoms with Gasteiger partial charge in [-0.2, -0.15) is 4.98 Å². The van der Waals surface area contributed by atoms with E-state index < -0.39 is 5.97 Å². The molecule has 1 aromatic heterocycles. The molecule has 0 aromatic carbocycles. The van der Waals surface area contributed by atoms with Gasteiger partial charge in [-0.25, -0.2) is 0 Å². The van der Waals surface area contributed by atoms with Crippen LogP contribution < -0.4 is 0 Å². The zero-order valence-electron chi connectivity index (χ0n) is 9.88. The fourth-order valence-electron chi connectivity index (χ4n) is 1.60. The van der Waals surface area contributed by atoms with Crippen LogP contribution in [-0.4, -0.2) is 54.9 Å². The van der Waals surface area contributed by atoms with Gasteiger partial charge in [-0.05, 0) is 7.05 Å². The Morgan fingerprint density at radius 1 is 1.65 bits per heavy atom. The molecular weight excluding hydrogens is 226 g/mol. The molecule has 0 amide bonds. The van der Waals surface area contributed by atoms with Gasteiger partial charge in [0.25, 0.3) is 0 Å². The van der Waals surface area contributed by atoms with E-state index in [2.05, 4.69) is 19.8 Å². The highest BCUT2D eigenvalue weighted by Gasteiger charge is 2.24. The predicted octanol–water partition coefficient (Wildman–Crippen LogP) is -0.212. The number of hydrogen-bond acceptors (Lipinski definition) is 7. The van der Waals surface area contributed by atoms with E-state index in [9.17, 15) is 4.79 Å². The molecule has 0 N–H and O–H groups in total. The molecule has 1 aromatic rings. The summed E-state index contributed by atoms with van der Waals surface area (Å²) in [7, 11) is 3.32. The third-order valence-electron chi connectivity index (χ3n) is 2.56. The van der Waals surface area contributed by atoms with Crippen LogP contribution in [0.3, 0.4) is 0 Å². The summed E-state index contributed by atoms with van der Waals surface area (Å²) in [5, 5.41) is 3.82. The Balaban J connectivity index is 1.99. The zero-order valence-corrected chi connectivity index (χ0v) is 9.88. The maximum atomic E-state index is 11.0. The highest BCUT2D eigenvalue weighted by molar-refractivity contribution is 5.71. The third kappa shape index (κ3) is 3.01. The van der Waals surface area contributed by atoms with E-state index in [1.54, 1.807) is 0 Å². The van der Waals surface area contributed by atoms with Gasteiger partial charge in [0.05, 0.1) is 13.7 Å². The molecule has 1 saturated heterocycles. The summed E-state index contributed by atoms with van der Waals surface area (Å²) in [5.41, 5.74) is 0. The molecule has 2 heterocycles. The second-order valence-electron chi connectivity index (χ2n) is 3.92. The summed E-state index contributed by atoms with van der Waals surface area (Å²) in [4.78, 5) is 17.3. The van der Waals surface area contributed by atoms with Crippen molar-refractivity contribution in [2.45, 2.75) is 12.5 Å². The lowest BCUT2D eigenvalue weighted by Crippen LogP contribution is -2.35. The minimum absolute atomic E-state index is 0.00788. The monoisotopic (exact) mass is 241 g/mol. The van der Waals surface area contributed by atoms with Crippen molar-refractivity contribution in [2.24, 2.45) is 0 Å². The van der Waals surface area contributed by atoms with Gasteiger partial charge in [-0.1, -0.05) is 5.16 Å². The molecular formula is C10H15N3O4. The molecule has 7 heteroatoms. The lowest BCUT2D eigenvalue weighted by atomic mass is 10.3. The summed E-state index contributed by atoms with van der Waals surface area (Å²) < 4.78 is 15.0. The van der Waals surface area contributed by atoms with Gasteiger partial charge in [0, 0.05) is 13.1 Å². The molecule has 0 saturated carbocycles. The molecule has 1 aliphatic rings. The fraction of sp³-hybridized carbons (Fsp3) is 0.700. The van der Waals surface area contributed by atoms with Crippen LogP contribution in [0.25, 0.3) is 0 Å². The Hall–Kier alpha value is -1.47. The smallest absolute Gasteiger partial charge is 0.315 e. The minimum Gasteiger partial charge on any atom is -0.469 e. The van der Waals surface area contributed by atoms with Crippen molar-refractivity contribution in [2.75, 3.05) is 33.9 Å². The van der Waals surface area contributed by atoms with Gasteiger partial charge >= 0.3 is 5.97 Å². The lowest BCUT2D eigenvalue weighted by molar-refractivity contribution is -0.140. The molecule has 17 heavy (non-hydrogen) atoms. The quantitative estimate of drug-likeness (QED) is 0.677. The Morgan fingerprint density at radius 2 is 2.47 bits per heavy atom. The van der Waals surface area contributed by atoms with E-state index in [4.69, 9.17) is 9.26 Å².